The van der Waals surface area contributed by atoms with E-state index in [0.717, 1.165) is 18.5 Å². The minimum absolute atomic E-state index is 0.219. The Morgan fingerprint density at radius 1 is 1.50 bits per heavy atom. The Hall–Kier alpha value is -2.50. The highest BCUT2D eigenvalue weighted by molar-refractivity contribution is 6.06. The molecule has 1 heterocycles. The summed E-state index contributed by atoms with van der Waals surface area (Å²) in [5.74, 6) is 0.332. The van der Waals surface area contributed by atoms with Crippen molar-refractivity contribution in [3.05, 3.63) is 35.7 Å². The molecule has 4 N–H and O–H groups in total. The summed E-state index contributed by atoms with van der Waals surface area (Å²) < 4.78 is 5.10. The van der Waals surface area contributed by atoms with Crippen molar-refractivity contribution in [1.29, 1.82) is 0 Å². The Balaban J connectivity index is 2.15. The highest BCUT2D eigenvalue weighted by Gasteiger charge is 2.17. The number of nitrogens with one attached hydrogen (secondary N) is 2. The van der Waals surface area contributed by atoms with E-state index in [-0.39, 0.29) is 11.6 Å². The fourth-order valence-corrected chi connectivity index (χ4v) is 1.89. The number of carbonyl (C=O) groups is 1. The number of aryl methyl sites for hydroxylation is 1. The summed E-state index contributed by atoms with van der Waals surface area (Å²) in [5.41, 5.74) is 7.98. The minimum atomic E-state index is -0.339. The van der Waals surface area contributed by atoms with Crippen molar-refractivity contribution >= 4 is 17.3 Å². The van der Waals surface area contributed by atoms with Gasteiger partial charge in [-0.2, -0.15) is 5.10 Å². The number of amides is 1. The van der Waals surface area contributed by atoms with Gasteiger partial charge in [-0.1, -0.05) is 19.4 Å². The first-order chi connectivity index (χ1) is 9.65. The van der Waals surface area contributed by atoms with Crippen molar-refractivity contribution in [1.82, 2.24) is 10.2 Å². The van der Waals surface area contributed by atoms with Gasteiger partial charge in [0.1, 0.15) is 5.75 Å². The second-order valence-electron chi connectivity index (χ2n) is 4.40. The zero-order chi connectivity index (χ0) is 14.5. The summed E-state index contributed by atoms with van der Waals surface area (Å²) >= 11 is 0. The third-order valence-electron chi connectivity index (χ3n) is 2.93. The van der Waals surface area contributed by atoms with Gasteiger partial charge >= 0.3 is 0 Å². The highest BCUT2D eigenvalue weighted by atomic mass is 16.5. The molecule has 0 radical (unpaired) electrons. The maximum Gasteiger partial charge on any atom is 0.278 e. The summed E-state index contributed by atoms with van der Waals surface area (Å²) in [5, 5.41) is 9.53. The van der Waals surface area contributed by atoms with Crippen LogP contribution in [0.3, 0.4) is 0 Å². The molecular weight excluding hydrogens is 256 g/mol. The fourth-order valence-electron chi connectivity index (χ4n) is 1.89. The van der Waals surface area contributed by atoms with Gasteiger partial charge in [-0.15, -0.1) is 0 Å². The van der Waals surface area contributed by atoms with Gasteiger partial charge in [-0.3, -0.25) is 9.89 Å². The fraction of sp³-hybridized carbons (Fsp3) is 0.286. The molecule has 0 saturated heterocycles. The first-order valence-electron chi connectivity index (χ1n) is 6.43. The van der Waals surface area contributed by atoms with Gasteiger partial charge in [0.15, 0.2) is 5.69 Å². The molecule has 0 bridgehead atoms. The number of ether oxygens (including phenoxy) is 1. The van der Waals surface area contributed by atoms with Crippen molar-refractivity contribution in [2.24, 2.45) is 0 Å². The van der Waals surface area contributed by atoms with Gasteiger partial charge in [0.2, 0.25) is 0 Å². The molecule has 6 nitrogen and oxygen atoms in total. The van der Waals surface area contributed by atoms with Crippen molar-refractivity contribution in [3.63, 3.8) is 0 Å². The molecule has 2 rings (SSSR count). The molecule has 0 saturated carbocycles. The average molecular weight is 274 g/mol. The number of hydrogen-bond donors (Lipinski definition) is 3. The monoisotopic (exact) mass is 274 g/mol. The van der Waals surface area contributed by atoms with E-state index in [1.54, 1.807) is 31.4 Å². The molecule has 0 aliphatic heterocycles. The first-order valence-corrected chi connectivity index (χ1v) is 6.43. The molecule has 2 aromatic rings. The number of nitrogen functional groups attached to an aromatic ring is 1. The number of aromatic nitrogens is 2. The number of nitrogens with two attached hydrogens (primary N) is 1. The molecule has 0 fully saturated rings. The Morgan fingerprint density at radius 3 is 3.00 bits per heavy atom. The van der Waals surface area contributed by atoms with Crippen LogP contribution >= 0.6 is 0 Å². The van der Waals surface area contributed by atoms with Crippen LogP contribution < -0.4 is 15.8 Å². The third-order valence-corrected chi connectivity index (χ3v) is 2.93. The maximum absolute atomic E-state index is 12.1. The predicted molar refractivity (Wildman–Crippen MR) is 77.9 cm³/mol. The van der Waals surface area contributed by atoms with E-state index < -0.39 is 0 Å². The van der Waals surface area contributed by atoms with Gasteiger partial charge < -0.3 is 15.8 Å². The van der Waals surface area contributed by atoms with Crippen LogP contribution in [0, 0.1) is 0 Å². The molecule has 106 valence electrons. The van der Waals surface area contributed by atoms with Gasteiger partial charge in [0, 0.05) is 11.8 Å². The number of H-pyrrole nitrogens is 1. The molecule has 1 amide bonds. The smallest absolute Gasteiger partial charge is 0.278 e. The summed E-state index contributed by atoms with van der Waals surface area (Å²) in [4.78, 5) is 12.1. The summed E-state index contributed by atoms with van der Waals surface area (Å²) in [6.45, 7) is 2.04. The lowest BCUT2D eigenvalue weighted by molar-refractivity contribution is 0.102. The zero-order valence-corrected chi connectivity index (χ0v) is 11.6. The van der Waals surface area contributed by atoms with E-state index in [9.17, 15) is 4.79 Å². The van der Waals surface area contributed by atoms with Crippen molar-refractivity contribution in [3.8, 4) is 5.75 Å². The van der Waals surface area contributed by atoms with E-state index in [1.165, 1.54) is 0 Å². The number of benzene rings is 1. The SMILES string of the molecule is CCCc1[nH]nc(C(=O)Nc2cccc(OC)c2)c1N. The predicted octanol–water partition coefficient (Wildman–Crippen LogP) is 2.21. The lowest BCUT2D eigenvalue weighted by atomic mass is 10.2. The number of aromatic amines is 1. The molecule has 0 unspecified atom stereocenters. The van der Waals surface area contributed by atoms with Gasteiger partial charge in [-0.05, 0) is 18.6 Å². The molecule has 0 aliphatic rings. The van der Waals surface area contributed by atoms with E-state index >= 15 is 0 Å². The van der Waals surface area contributed by atoms with Crippen LogP contribution in [0.15, 0.2) is 24.3 Å². The second kappa shape index (κ2) is 6.10. The topological polar surface area (TPSA) is 93.0 Å². The summed E-state index contributed by atoms with van der Waals surface area (Å²) in [6, 6.07) is 7.10. The van der Waals surface area contributed by atoms with E-state index in [0.29, 0.717) is 17.1 Å². The van der Waals surface area contributed by atoms with Crippen molar-refractivity contribution < 1.29 is 9.53 Å². The molecule has 1 aromatic heterocycles. The van der Waals surface area contributed by atoms with E-state index in [2.05, 4.69) is 15.5 Å². The van der Waals surface area contributed by atoms with Gasteiger partial charge in [-0.25, -0.2) is 0 Å². The van der Waals surface area contributed by atoms with Gasteiger partial charge in [0.05, 0.1) is 18.5 Å². The van der Waals surface area contributed by atoms with E-state index in [4.69, 9.17) is 10.5 Å². The standard InChI is InChI=1S/C14H18N4O2/c1-3-5-11-12(15)13(18-17-11)14(19)16-9-6-4-7-10(8-9)20-2/h4,6-8H,3,5,15H2,1-2H3,(H,16,19)(H,17,18). The number of nitrogens with zero attached hydrogens (tertiary/aromatic N) is 1. The van der Waals surface area contributed by atoms with Gasteiger partial charge in [0.25, 0.3) is 5.91 Å². The molecular formula is C14H18N4O2. The number of anilines is 2. The van der Waals surface area contributed by atoms with Crippen LogP contribution in [-0.4, -0.2) is 23.2 Å². The van der Waals surface area contributed by atoms with Crippen LogP contribution in [0.5, 0.6) is 5.75 Å². The van der Waals surface area contributed by atoms with Crippen LogP contribution in [0.1, 0.15) is 29.5 Å². The van der Waals surface area contributed by atoms with Crippen LogP contribution in [0.2, 0.25) is 0 Å². The van der Waals surface area contributed by atoms with Crippen LogP contribution in [0.25, 0.3) is 0 Å². The molecule has 1 aromatic carbocycles. The lowest BCUT2D eigenvalue weighted by Crippen LogP contribution is -2.14. The molecule has 0 atom stereocenters. The normalized spacial score (nSPS) is 10.3. The lowest BCUT2D eigenvalue weighted by Gasteiger charge is -2.06. The first kappa shape index (κ1) is 13.9. The minimum Gasteiger partial charge on any atom is -0.497 e. The van der Waals surface area contributed by atoms with E-state index in [1.807, 2.05) is 6.92 Å². The second-order valence-corrected chi connectivity index (χ2v) is 4.40. The third kappa shape index (κ3) is 2.90. The molecule has 6 heteroatoms. The number of hydrogen-bond acceptors (Lipinski definition) is 4. The number of rotatable bonds is 5. The Bertz CT molecular complexity index is 607. The highest BCUT2D eigenvalue weighted by Crippen LogP contribution is 2.20. The number of carbonyl (C=O) groups excluding carboxylic acids is 1. The van der Waals surface area contributed by atoms with Crippen LogP contribution in [-0.2, 0) is 6.42 Å². The quantitative estimate of drug-likeness (QED) is 0.779. The Morgan fingerprint density at radius 2 is 2.30 bits per heavy atom. The van der Waals surface area contributed by atoms with Crippen molar-refractivity contribution in [2.75, 3.05) is 18.2 Å². The van der Waals surface area contributed by atoms with Crippen molar-refractivity contribution in [2.45, 2.75) is 19.8 Å². The summed E-state index contributed by atoms with van der Waals surface area (Å²) in [6.07, 6.45) is 1.70. The molecule has 20 heavy (non-hydrogen) atoms. The molecule has 0 spiro atoms. The maximum atomic E-state index is 12.1. The number of methoxy groups -OCH3 is 1. The Labute approximate surface area is 117 Å². The largest absolute Gasteiger partial charge is 0.497 e. The molecule has 0 aliphatic carbocycles. The van der Waals surface area contributed by atoms with Crippen LogP contribution in [0.4, 0.5) is 11.4 Å². The average Bonchev–Trinajstić information content (AvgIpc) is 2.81. The Kier molecular flexibility index (Phi) is 4.24. The summed E-state index contributed by atoms with van der Waals surface area (Å²) in [7, 11) is 1.57. The zero-order valence-electron chi connectivity index (χ0n) is 11.6.